The van der Waals surface area contributed by atoms with Gasteiger partial charge in [0.25, 0.3) is 0 Å². The molecule has 0 aliphatic carbocycles. The van der Waals surface area contributed by atoms with E-state index in [1.54, 1.807) is 0 Å². The second-order valence-electron chi connectivity index (χ2n) is 6.14. The molecule has 2 unspecified atom stereocenters. The number of hydrogen-bond donors (Lipinski definition) is 1. The molecule has 2 saturated heterocycles. The smallest absolute Gasteiger partial charge is 0.226 e. The number of nitrogens with zero attached hydrogens (tertiary/aromatic N) is 2. The molecule has 0 radical (unpaired) electrons. The summed E-state index contributed by atoms with van der Waals surface area (Å²) in [6, 6.07) is 1.48. The molecule has 19 heavy (non-hydrogen) atoms. The van der Waals surface area contributed by atoms with Crippen molar-refractivity contribution < 1.29 is 4.52 Å². The van der Waals surface area contributed by atoms with E-state index >= 15 is 0 Å². The van der Waals surface area contributed by atoms with Crippen molar-refractivity contribution in [1.82, 2.24) is 15.5 Å². The summed E-state index contributed by atoms with van der Waals surface area (Å²) in [4.78, 5) is 4.53. The van der Waals surface area contributed by atoms with Gasteiger partial charge in [0.05, 0.1) is 5.75 Å². The van der Waals surface area contributed by atoms with Crippen LogP contribution >= 0.6 is 11.8 Å². The third kappa shape index (κ3) is 3.51. The molecule has 1 aromatic rings. The van der Waals surface area contributed by atoms with Crippen molar-refractivity contribution in [3.05, 3.63) is 11.7 Å². The molecule has 106 valence electrons. The first-order valence-corrected chi connectivity index (χ1v) is 8.43. The molecule has 1 N–H and O–H groups in total. The molecule has 3 heterocycles. The number of hydrogen-bond acceptors (Lipinski definition) is 5. The molecule has 4 nitrogen and oxygen atoms in total. The van der Waals surface area contributed by atoms with E-state index in [9.17, 15) is 0 Å². The minimum Gasteiger partial charge on any atom is -0.339 e. The van der Waals surface area contributed by atoms with Crippen LogP contribution in [0.2, 0.25) is 0 Å². The predicted octanol–water partition coefficient (Wildman–Crippen LogP) is 2.78. The normalized spacial score (nSPS) is 30.2. The van der Waals surface area contributed by atoms with Crippen LogP contribution in [0.3, 0.4) is 0 Å². The highest BCUT2D eigenvalue weighted by Crippen LogP contribution is 2.32. The van der Waals surface area contributed by atoms with E-state index in [1.165, 1.54) is 25.7 Å². The summed E-state index contributed by atoms with van der Waals surface area (Å²) >= 11 is 1.86. The number of thioether (sulfide) groups is 1. The van der Waals surface area contributed by atoms with E-state index in [1.807, 2.05) is 11.8 Å². The first-order chi connectivity index (χ1) is 9.19. The molecule has 2 fully saturated rings. The fourth-order valence-corrected chi connectivity index (χ4v) is 3.86. The number of piperidine rings is 1. The number of aromatic nitrogens is 2. The van der Waals surface area contributed by atoms with Crippen LogP contribution in [-0.2, 0) is 12.2 Å². The minimum atomic E-state index is 0.613. The van der Waals surface area contributed by atoms with Gasteiger partial charge in [-0.3, -0.25) is 0 Å². The van der Waals surface area contributed by atoms with Crippen LogP contribution in [0.4, 0.5) is 0 Å². The van der Waals surface area contributed by atoms with Gasteiger partial charge in [-0.2, -0.15) is 16.7 Å². The minimum absolute atomic E-state index is 0.613. The summed E-state index contributed by atoms with van der Waals surface area (Å²) in [6.07, 6.45) is 6.21. The maximum Gasteiger partial charge on any atom is 0.226 e. The standard InChI is InChI=1S/C14H23N3OS/c1-9(2)19-8-13-16-14(18-17-13)7-10-5-11-3-4-12(6-10)15-11/h9-12,15H,3-8H2,1-2H3. The molecule has 3 rings (SSSR count). The van der Waals surface area contributed by atoms with Gasteiger partial charge in [-0.1, -0.05) is 19.0 Å². The van der Waals surface area contributed by atoms with Crippen LogP contribution in [0, 0.1) is 5.92 Å². The van der Waals surface area contributed by atoms with Crippen LogP contribution in [0.1, 0.15) is 51.2 Å². The zero-order chi connectivity index (χ0) is 13.2. The molecule has 5 heteroatoms. The first kappa shape index (κ1) is 13.4. The van der Waals surface area contributed by atoms with E-state index < -0.39 is 0 Å². The molecule has 0 aromatic carbocycles. The molecule has 2 aliphatic heterocycles. The third-order valence-corrected chi connectivity index (χ3v) is 5.18. The van der Waals surface area contributed by atoms with Crippen LogP contribution in [0.25, 0.3) is 0 Å². The van der Waals surface area contributed by atoms with Crippen LogP contribution in [0.15, 0.2) is 4.52 Å². The summed E-state index contributed by atoms with van der Waals surface area (Å²) in [5.74, 6) is 3.28. The van der Waals surface area contributed by atoms with E-state index in [2.05, 4.69) is 29.3 Å². The first-order valence-electron chi connectivity index (χ1n) is 7.38. The second-order valence-corrected chi connectivity index (χ2v) is 7.71. The van der Waals surface area contributed by atoms with Crippen molar-refractivity contribution in [2.45, 2.75) is 69.0 Å². The molecule has 0 amide bonds. The van der Waals surface area contributed by atoms with Crippen molar-refractivity contribution >= 4 is 11.8 Å². The highest BCUT2D eigenvalue weighted by atomic mass is 32.2. The largest absolute Gasteiger partial charge is 0.339 e. The van der Waals surface area contributed by atoms with Crippen LogP contribution in [-0.4, -0.2) is 27.5 Å². The molecular weight excluding hydrogens is 258 g/mol. The maximum atomic E-state index is 5.40. The summed E-state index contributed by atoms with van der Waals surface area (Å²) in [5.41, 5.74) is 0. The molecule has 0 saturated carbocycles. The average Bonchev–Trinajstić information content (AvgIpc) is 2.94. The SMILES string of the molecule is CC(C)SCc1noc(CC2CC3CCC(C2)N3)n1. The fourth-order valence-electron chi connectivity index (χ4n) is 3.26. The molecule has 0 spiro atoms. The Hall–Kier alpha value is -0.550. The lowest BCUT2D eigenvalue weighted by Crippen LogP contribution is -2.38. The Kier molecular flexibility index (Phi) is 4.12. The lowest BCUT2D eigenvalue weighted by Gasteiger charge is -2.28. The lowest BCUT2D eigenvalue weighted by atomic mass is 9.90. The topological polar surface area (TPSA) is 51.0 Å². The average molecular weight is 281 g/mol. The van der Waals surface area contributed by atoms with Gasteiger partial charge in [0.1, 0.15) is 0 Å². The maximum absolute atomic E-state index is 5.40. The summed E-state index contributed by atoms with van der Waals surface area (Å²) in [7, 11) is 0. The Morgan fingerprint density at radius 2 is 2.05 bits per heavy atom. The Labute approximate surface area is 119 Å². The number of rotatable bonds is 5. The van der Waals surface area contributed by atoms with Gasteiger partial charge < -0.3 is 9.84 Å². The summed E-state index contributed by atoms with van der Waals surface area (Å²) < 4.78 is 5.40. The van der Waals surface area contributed by atoms with Crippen molar-refractivity contribution in [1.29, 1.82) is 0 Å². The highest BCUT2D eigenvalue weighted by Gasteiger charge is 2.34. The van der Waals surface area contributed by atoms with Gasteiger partial charge in [-0.25, -0.2) is 0 Å². The number of nitrogens with one attached hydrogen (secondary N) is 1. The van der Waals surface area contributed by atoms with Crippen LogP contribution in [0.5, 0.6) is 0 Å². The van der Waals surface area contributed by atoms with Gasteiger partial charge in [0.15, 0.2) is 5.82 Å². The Morgan fingerprint density at radius 3 is 2.74 bits per heavy atom. The van der Waals surface area contributed by atoms with E-state index in [0.29, 0.717) is 5.25 Å². The Morgan fingerprint density at radius 1 is 1.32 bits per heavy atom. The predicted molar refractivity (Wildman–Crippen MR) is 77.1 cm³/mol. The van der Waals surface area contributed by atoms with Crippen molar-refractivity contribution in [3.8, 4) is 0 Å². The second kappa shape index (κ2) is 5.83. The monoisotopic (exact) mass is 281 g/mol. The lowest BCUT2D eigenvalue weighted by molar-refractivity contribution is 0.270. The van der Waals surface area contributed by atoms with Crippen molar-refractivity contribution in [2.75, 3.05) is 0 Å². The van der Waals surface area contributed by atoms with E-state index in [0.717, 1.165) is 41.9 Å². The van der Waals surface area contributed by atoms with Gasteiger partial charge in [-0.15, -0.1) is 0 Å². The molecular formula is C14H23N3OS. The van der Waals surface area contributed by atoms with Gasteiger partial charge >= 0.3 is 0 Å². The zero-order valence-corrected chi connectivity index (χ0v) is 12.6. The van der Waals surface area contributed by atoms with Crippen molar-refractivity contribution in [2.24, 2.45) is 5.92 Å². The van der Waals surface area contributed by atoms with Crippen LogP contribution < -0.4 is 5.32 Å². The molecule has 2 bridgehead atoms. The van der Waals surface area contributed by atoms with Gasteiger partial charge in [0, 0.05) is 18.5 Å². The fraction of sp³-hybridized carbons (Fsp3) is 0.857. The molecule has 1 aromatic heterocycles. The molecule has 2 atom stereocenters. The van der Waals surface area contributed by atoms with E-state index in [4.69, 9.17) is 4.52 Å². The van der Waals surface area contributed by atoms with Crippen molar-refractivity contribution in [3.63, 3.8) is 0 Å². The highest BCUT2D eigenvalue weighted by molar-refractivity contribution is 7.99. The van der Waals surface area contributed by atoms with E-state index in [-0.39, 0.29) is 0 Å². The zero-order valence-electron chi connectivity index (χ0n) is 11.8. The summed E-state index contributed by atoms with van der Waals surface area (Å²) in [5, 5.41) is 8.37. The quantitative estimate of drug-likeness (QED) is 0.899. The van der Waals surface area contributed by atoms with Gasteiger partial charge in [0.2, 0.25) is 5.89 Å². The van der Waals surface area contributed by atoms with Gasteiger partial charge in [-0.05, 0) is 36.9 Å². The third-order valence-electron chi connectivity index (χ3n) is 4.09. The Balaban J connectivity index is 1.52. The number of fused-ring (bicyclic) bond motifs is 2. The molecule has 2 aliphatic rings. The summed E-state index contributed by atoms with van der Waals surface area (Å²) in [6.45, 7) is 4.38. The Bertz CT molecular complexity index is 409.